The molecule has 0 amide bonds. The molecule has 1 rings (SSSR count). The van der Waals surface area contributed by atoms with E-state index in [2.05, 4.69) is 11.9 Å². The molecule has 0 spiro atoms. The number of unbranched alkanes of at least 4 members (excludes halogenated alkanes) is 1. The minimum absolute atomic E-state index is 0.171. The van der Waals surface area contributed by atoms with Crippen LogP contribution in [0, 0.1) is 0 Å². The highest BCUT2D eigenvalue weighted by Gasteiger charge is 2.01. The van der Waals surface area contributed by atoms with Crippen LogP contribution >= 0.6 is 0 Å². The van der Waals surface area contributed by atoms with E-state index in [0.29, 0.717) is 18.1 Å². The zero-order chi connectivity index (χ0) is 11.1. The Labute approximate surface area is 88.0 Å². The van der Waals surface area contributed by atoms with Crippen molar-refractivity contribution in [3.8, 4) is 5.75 Å². The molecule has 0 aliphatic heterocycles. The maximum absolute atomic E-state index is 11.5. The molecule has 0 saturated carbocycles. The van der Waals surface area contributed by atoms with Crippen molar-refractivity contribution in [3.63, 3.8) is 0 Å². The lowest BCUT2D eigenvalue weighted by Gasteiger charge is -2.05. The Balaban J connectivity index is 2.62. The summed E-state index contributed by atoms with van der Waals surface area (Å²) >= 11 is 0. The molecule has 1 aromatic heterocycles. The molecule has 0 saturated heterocycles. The second kappa shape index (κ2) is 6.21. The lowest BCUT2D eigenvalue weighted by molar-refractivity contribution is 0.160. The lowest BCUT2D eigenvalue weighted by atomic mass is 10.3. The van der Waals surface area contributed by atoms with Crippen LogP contribution in [-0.2, 0) is 6.54 Å². The summed E-state index contributed by atoms with van der Waals surface area (Å²) < 4.78 is 5.28. The maximum atomic E-state index is 11.5. The fourth-order valence-electron chi connectivity index (χ4n) is 1.13. The van der Waals surface area contributed by atoms with E-state index in [1.54, 1.807) is 0 Å². The van der Waals surface area contributed by atoms with Crippen LogP contribution in [0.5, 0.6) is 5.75 Å². The molecule has 5 heteroatoms. The van der Waals surface area contributed by atoms with Crippen molar-refractivity contribution in [3.05, 3.63) is 28.2 Å². The van der Waals surface area contributed by atoms with Crippen molar-refractivity contribution in [2.45, 2.75) is 26.3 Å². The number of aromatic nitrogens is 1. The summed E-state index contributed by atoms with van der Waals surface area (Å²) in [6.45, 7) is 2.82. The quantitative estimate of drug-likeness (QED) is 0.486. The molecule has 0 aliphatic rings. The van der Waals surface area contributed by atoms with Crippen LogP contribution in [0.25, 0.3) is 0 Å². The molecule has 0 radical (unpaired) electrons. The molecule has 5 nitrogen and oxygen atoms in total. The Kier molecular flexibility index (Phi) is 4.86. The number of H-pyrrole nitrogens is 1. The summed E-state index contributed by atoms with van der Waals surface area (Å²) in [6.07, 6.45) is 3.48. The van der Waals surface area contributed by atoms with Gasteiger partial charge < -0.3 is 14.9 Å². The number of hydrogen-bond acceptors (Lipinski definition) is 4. The van der Waals surface area contributed by atoms with Crippen molar-refractivity contribution in [1.29, 1.82) is 0 Å². The molecule has 0 atom stereocenters. The van der Waals surface area contributed by atoms with Gasteiger partial charge in [0, 0.05) is 18.0 Å². The zero-order valence-corrected chi connectivity index (χ0v) is 8.75. The van der Waals surface area contributed by atoms with Gasteiger partial charge in [0.2, 0.25) is 5.43 Å². The van der Waals surface area contributed by atoms with Gasteiger partial charge in [-0.2, -0.15) is 5.48 Å². The maximum Gasteiger partial charge on any atom is 0.223 e. The molecule has 3 N–H and O–H groups in total. The summed E-state index contributed by atoms with van der Waals surface area (Å²) in [5, 5.41) is 8.45. The van der Waals surface area contributed by atoms with Crippen LogP contribution in [0.2, 0.25) is 0 Å². The number of nitrogens with one attached hydrogen (secondary N) is 2. The molecule has 15 heavy (non-hydrogen) atoms. The third-order valence-corrected chi connectivity index (χ3v) is 1.96. The molecule has 0 bridgehead atoms. The van der Waals surface area contributed by atoms with Gasteiger partial charge in [-0.25, -0.2) is 0 Å². The average Bonchev–Trinajstić information content (AvgIpc) is 2.22. The van der Waals surface area contributed by atoms with E-state index in [4.69, 9.17) is 9.94 Å². The van der Waals surface area contributed by atoms with E-state index in [-0.39, 0.29) is 12.0 Å². The second-order valence-corrected chi connectivity index (χ2v) is 3.22. The van der Waals surface area contributed by atoms with E-state index in [9.17, 15) is 4.79 Å². The number of rotatable bonds is 6. The smallest absolute Gasteiger partial charge is 0.223 e. The van der Waals surface area contributed by atoms with Gasteiger partial charge in [0.05, 0.1) is 13.2 Å². The molecule has 0 unspecified atom stereocenters. The molecular weight excluding hydrogens is 196 g/mol. The van der Waals surface area contributed by atoms with E-state index >= 15 is 0 Å². The Morgan fingerprint density at radius 3 is 3.00 bits per heavy atom. The van der Waals surface area contributed by atoms with Gasteiger partial charge in [-0.3, -0.25) is 4.79 Å². The lowest BCUT2D eigenvalue weighted by Crippen LogP contribution is -2.14. The Morgan fingerprint density at radius 2 is 2.40 bits per heavy atom. The Hall–Kier alpha value is -1.33. The summed E-state index contributed by atoms with van der Waals surface area (Å²) in [6, 6.07) is 1.41. The van der Waals surface area contributed by atoms with Gasteiger partial charge in [-0.1, -0.05) is 13.3 Å². The minimum Gasteiger partial charge on any atom is -0.488 e. The summed E-state index contributed by atoms with van der Waals surface area (Å²) in [4.78, 5) is 14.3. The van der Waals surface area contributed by atoms with Gasteiger partial charge in [0.15, 0.2) is 5.75 Å². The van der Waals surface area contributed by atoms with Crippen LogP contribution < -0.4 is 15.6 Å². The van der Waals surface area contributed by atoms with Gasteiger partial charge in [-0.15, -0.1) is 0 Å². The van der Waals surface area contributed by atoms with Crippen LogP contribution in [0.15, 0.2) is 17.1 Å². The van der Waals surface area contributed by atoms with Crippen molar-refractivity contribution in [2.24, 2.45) is 0 Å². The summed E-state index contributed by atoms with van der Waals surface area (Å²) in [5.41, 5.74) is 2.42. The molecule has 0 aliphatic carbocycles. The van der Waals surface area contributed by atoms with Crippen molar-refractivity contribution in [2.75, 3.05) is 6.61 Å². The number of pyridine rings is 1. The molecule has 0 fully saturated rings. The molecule has 84 valence electrons. The normalized spacial score (nSPS) is 10.3. The van der Waals surface area contributed by atoms with Gasteiger partial charge in [-0.05, 0) is 6.42 Å². The third kappa shape index (κ3) is 3.73. The van der Waals surface area contributed by atoms with E-state index in [1.165, 1.54) is 12.3 Å². The summed E-state index contributed by atoms with van der Waals surface area (Å²) in [5.74, 6) is 0.324. The Morgan fingerprint density at radius 1 is 1.60 bits per heavy atom. The van der Waals surface area contributed by atoms with E-state index < -0.39 is 0 Å². The number of hydrogen-bond donors (Lipinski definition) is 3. The third-order valence-electron chi connectivity index (χ3n) is 1.96. The fourth-order valence-corrected chi connectivity index (χ4v) is 1.13. The SMILES string of the molecule is CCCCOc1c[nH]c(CNO)cc1=O. The Bertz CT molecular complexity index is 349. The number of ether oxygens (including phenoxy) is 1. The molecular formula is C10H16N2O3. The predicted octanol–water partition coefficient (Wildman–Crippen LogP) is 1.03. The second-order valence-electron chi connectivity index (χ2n) is 3.22. The van der Waals surface area contributed by atoms with Gasteiger partial charge >= 0.3 is 0 Å². The van der Waals surface area contributed by atoms with Crippen LogP contribution in [-0.4, -0.2) is 16.8 Å². The van der Waals surface area contributed by atoms with Crippen LogP contribution in [0.1, 0.15) is 25.5 Å². The van der Waals surface area contributed by atoms with Crippen molar-refractivity contribution >= 4 is 0 Å². The fraction of sp³-hybridized carbons (Fsp3) is 0.500. The van der Waals surface area contributed by atoms with Crippen LogP contribution in [0.3, 0.4) is 0 Å². The standard InChI is InChI=1S/C10H16N2O3/c1-2-3-4-15-10-7-11-8(6-12-14)5-9(10)13/h5,7,12,14H,2-4,6H2,1H3,(H,11,13). The highest BCUT2D eigenvalue weighted by atomic mass is 16.5. The van der Waals surface area contributed by atoms with E-state index in [1.807, 2.05) is 5.48 Å². The first kappa shape index (κ1) is 11.7. The van der Waals surface area contributed by atoms with Crippen LogP contribution in [0.4, 0.5) is 0 Å². The molecule has 1 aromatic rings. The largest absolute Gasteiger partial charge is 0.488 e. The average molecular weight is 212 g/mol. The number of hydroxylamine groups is 1. The highest BCUT2D eigenvalue weighted by Crippen LogP contribution is 2.02. The zero-order valence-electron chi connectivity index (χ0n) is 8.75. The first-order chi connectivity index (χ1) is 7.27. The predicted molar refractivity (Wildman–Crippen MR) is 56.1 cm³/mol. The molecule has 1 heterocycles. The topological polar surface area (TPSA) is 74.3 Å². The first-order valence-electron chi connectivity index (χ1n) is 4.99. The molecule has 0 aromatic carbocycles. The first-order valence-corrected chi connectivity index (χ1v) is 4.99. The number of aromatic amines is 1. The van der Waals surface area contributed by atoms with Crippen molar-refractivity contribution in [1.82, 2.24) is 10.5 Å². The van der Waals surface area contributed by atoms with E-state index in [0.717, 1.165) is 12.8 Å². The van der Waals surface area contributed by atoms with Gasteiger partial charge in [0.1, 0.15) is 0 Å². The van der Waals surface area contributed by atoms with Gasteiger partial charge in [0.25, 0.3) is 0 Å². The summed E-state index contributed by atoms with van der Waals surface area (Å²) in [7, 11) is 0. The highest BCUT2D eigenvalue weighted by molar-refractivity contribution is 5.20. The minimum atomic E-state index is -0.171. The monoisotopic (exact) mass is 212 g/mol. The van der Waals surface area contributed by atoms with Crippen molar-refractivity contribution < 1.29 is 9.94 Å².